The zero-order valence-electron chi connectivity index (χ0n) is 11.0. The summed E-state index contributed by atoms with van der Waals surface area (Å²) in [6, 6.07) is 5.07. The smallest absolute Gasteiger partial charge is 0.336 e. The summed E-state index contributed by atoms with van der Waals surface area (Å²) in [5.41, 5.74) is 0.716. The minimum atomic E-state index is -1.00. The van der Waals surface area contributed by atoms with E-state index in [9.17, 15) is 9.59 Å². The summed E-state index contributed by atoms with van der Waals surface area (Å²) >= 11 is 0. The number of carboxylic acid groups (broad SMARTS) is 1. The van der Waals surface area contributed by atoms with Crippen LogP contribution in [0.25, 0.3) is 0 Å². The molecule has 0 bridgehead atoms. The average molecular weight is 263 g/mol. The summed E-state index contributed by atoms with van der Waals surface area (Å²) in [6.45, 7) is 3.33. The second-order valence-electron chi connectivity index (χ2n) is 4.78. The predicted octanol–water partition coefficient (Wildman–Crippen LogP) is 1.74. The fourth-order valence-corrected chi connectivity index (χ4v) is 1.76. The van der Waals surface area contributed by atoms with Crippen LogP contribution >= 0.6 is 0 Å². The van der Waals surface area contributed by atoms with Crippen LogP contribution in [0.3, 0.4) is 0 Å². The first-order valence-electron chi connectivity index (χ1n) is 6.29. The minimum absolute atomic E-state index is 0.164. The van der Waals surface area contributed by atoms with Gasteiger partial charge in [-0.3, -0.25) is 4.79 Å². The number of benzene rings is 1. The van der Waals surface area contributed by atoms with Gasteiger partial charge in [0.25, 0.3) is 5.91 Å². The van der Waals surface area contributed by atoms with Crippen LogP contribution in [0.15, 0.2) is 18.2 Å². The molecule has 0 spiro atoms. The van der Waals surface area contributed by atoms with E-state index >= 15 is 0 Å². The Balaban J connectivity index is 2.07. The Morgan fingerprint density at radius 1 is 1.42 bits per heavy atom. The first-order valence-corrected chi connectivity index (χ1v) is 6.29. The molecule has 0 saturated heterocycles. The molecule has 0 heterocycles. The fraction of sp³-hybridized carbons (Fsp3) is 0.429. The van der Waals surface area contributed by atoms with Gasteiger partial charge in [-0.15, -0.1) is 0 Å². The van der Waals surface area contributed by atoms with Crippen molar-refractivity contribution in [2.45, 2.75) is 38.8 Å². The first-order chi connectivity index (χ1) is 8.99. The maximum absolute atomic E-state index is 11.8. The molecule has 102 valence electrons. The highest BCUT2D eigenvalue weighted by atomic mass is 16.5. The van der Waals surface area contributed by atoms with Crippen LogP contribution in [-0.4, -0.2) is 29.1 Å². The van der Waals surface area contributed by atoms with Gasteiger partial charge in [0.05, 0.1) is 5.56 Å². The van der Waals surface area contributed by atoms with Crippen LogP contribution < -0.4 is 10.1 Å². The van der Waals surface area contributed by atoms with E-state index in [1.807, 2.05) is 0 Å². The zero-order chi connectivity index (χ0) is 14.0. The molecular weight excluding hydrogens is 246 g/mol. The van der Waals surface area contributed by atoms with Gasteiger partial charge in [-0.1, -0.05) is 6.07 Å². The van der Waals surface area contributed by atoms with Crippen LogP contribution in [0, 0.1) is 6.92 Å². The van der Waals surface area contributed by atoms with Crippen LogP contribution in [0.4, 0.5) is 0 Å². The maximum Gasteiger partial charge on any atom is 0.336 e. The van der Waals surface area contributed by atoms with E-state index in [0.29, 0.717) is 11.3 Å². The molecule has 1 fully saturated rings. The van der Waals surface area contributed by atoms with Gasteiger partial charge < -0.3 is 15.2 Å². The quantitative estimate of drug-likeness (QED) is 0.848. The van der Waals surface area contributed by atoms with Crippen LogP contribution in [0.2, 0.25) is 0 Å². The van der Waals surface area contributed by atoms with Crippen molar-refractivity contribution >= 4 is 11.9 Å². The predicted molar refractivity (Wildman–Crippen MR) is 69.4 cm³/mol. The molecule has 1 aliphatic carbocycles. The second-order valence-corrected chi connectivity index (χ2v) is 4.78. The molecule has 2 rings (SSSR count). The number of aromatic carboxylic acids is 1. The highest BCUT2D eigenvalue weighted by Crippen LogP contribution is 2.23. The molecule has 1 amide bonds. The van der Waals surface area contributed by atoms with Crippen molar-refractivity contribution < 1.29 is 19.4 Å². The van der Waals surface area contributed by atoms with Gasteiger partial charge in [-0.2, -0.15) is 0 Å². The van der Waals surface area contributed by atoms with Crippen molar-refractivity contribution in [1.82, 2.24) is 5.32 Å². The van der Waals surface area contributed by atoms with Gasteiger partial charge >= 0.3 is 5.97 Å². The van der Waals surface area contributed by atoms with Gasteiger partial charge in [0.1, 0.15) is 5.75 Å². The third-order valence-corrected chi connectivity index (χ3v) is 3.11. The molecule has 5 heteroatoms. The van der Waals surface area contributed by atoms with E-state index in [1.54, 1.807) is 26.0 Å². The number of carbonyl (C=O) groups excluding carboxylic acids is 1. The number of rotatable bonds is 5. The summed E-state index contributed by atoms with van der Waals surface area (Å²) in [5, 5.41) is 11.9. The molecule has 2 N–H and O–H groups in total. The molecule has 0 aromatic heterocycles. The molecule has 1 atom stereocenters. The van der Waals surface area contributed by atoms with E-state index in [0.717, 1.165) is 12.8 Å². The lowest BCUT2D eigenvalue weighted by Gasteiger charge is -2.16. The van der Waals surface area contributed by atoms with Crippen molar-refractivity contribution in [3.05, 3.63) is 29.3 Å². The SMILES string of the molecule is Cc1c(OC(C)C(=O)NC2CC2)cccc1C(=O)O. The summed E-state index contributed by atoms with van der Waals surface area (Å²) in [6.07, 6.45) is 1.40. The Kier molecular flexibility index (Phi) is 3.74. The Morgan fingerprint density at radius 3 is 2.68 bits per heavy atom. The summed E-state index contributed by atoms with van der Waals surface area (Å²) in [4.78, 5) is 22.8. The van der Waals surface area contributed by atoms with Crippen LogP contribution in [-0.2, 0) is 4.79 Å². The molecule has 5 nitrogen and oxygen atoms in total. The lowest BCUT2D eigenvalue weighted by atomic mass is 10.1. The average Bonchev–Trinajstić information content (AvgIpc) is 3.15. The maximum atomic E-state index is 11.8. The molecule has 1 unspecified atom stereocenters. The lowest BCUT2D eigenvalue weighted by molar-refractivity contribution is -0.127. The first kappa shape index (κ1) is 13.4. The molecule has 0 aliphatic heterocycles. The van der Waals surface area contributed by atoms with Crippen molar-refractivity contribution in [3.8, 4) is 5.75 Å². The Hall–Kier alpha value is -2.04. The third-order valence-electron chi connectivity index (χ3n) is 3.11. The van der Waals surface area contributed by atoms with Crippen molar-refractivity contribution in [2.24, 2.45) is 0 Å². The van der Waals surface area contributed by atoms with Crippen LogP contribution in [0.5, 0.6) is 5.75 Å². The van der Waals surface area contributed by atoms with E-state index in [-0.39, 0.29) is 17.5 Å². The van der Waals surface area contributed by atoms with Crippen molar-refractivity contribution in [2.75, 3.05) is 0 Å². The third kappa shape index (κ3) is 3.24. The Morgan fingerprint density at radius 2 is 2.11 bits per heavy atom. The van der Waals surface area contributed by atoms with Gasteiger partial charge in [0, 0.05) is 11.6 Å². The summed E-state index contributed by atoms with van der Waals surface area (Å²) in [5.74, 6) is -0.737. The van der Waals surface area contributed by atoms with Crippen LogP contribution in [0.1, 0.15) is 35.7 Å². The fourth-order valence-electron chi connectivity index (χ4n) is 1.76. The number of hydrogen-bond acceptors (Lipinski definition) is 3. The lowest BCUT2D eigenvalue weighted by Crippen LogP contribution is -2.37. The molecule has 1 saturated carbocycles. The Bertz CT molecular complexity index is 508. The molecule has 0 radical (unpaired) electrons. The Labute approximate surface area is 111 Å². The number of hydrogen-bond donors (Lipinski definition) is 2. The minimum Gasteiger partial charge on any atom is -0.481 e. The van der Waals surface area contributed by atoms with Gasteiger partial charge in [0.15, 0.2) is 6.10 Å². The number of carbonyl (C=O) groups is 2. The van der Waals surface area contributed by atoms with Gasteiger partial charge in [0.2, 0.25) is 0 Å². The highest BCUT2D eigenvalue weighted by Gasteiger charge is 2.26. The number of carboxylic acids is 1. The topological polar surface area (TPSA) is 75.6 Å². The molecule has 19 heavy (non-hydrogen) atoms. The molecule has 1 aromatic rings. The monoisotopic (exact) mass is 263 g/mol. The number of nitrogens with one attached hydrogen (secondary N) is 1. The summed E-state index contributed by atoms with van der Waals surface area (Å²) in [7, 11) is 0. The summed E-state index contributed by atoms with van der Waals surface area (Å²) < 4.78 is 5.55. The van der Waals surface area contributed by atoms with E-state index in [1.165, 1.54) is 6.07 Å². The van der Waals surface area contributed by atoms with Crippen molar-refractivity contribution in [1.29, 1.82) is 0 Å². The second kappa shape index (κ2) is 5.30. The number of ether oxygens (including phenoxy) is 1. The molecule has 1 aliphatic rings. The van der Waals surface area contributed by atoms with Gasteiger partial charge in [-0.25, -0.2) is 4.79 Å². The van der Waals surface area contributed by atoms with E-state index in [2.05, 4.69) is 5.32 Å². The van der Waals surface area contributed by atoms with E-state index in [4.69, 9.17) is 9.84 Å². The zero-order valence-corrected chi connectivity index (χ0v) is 11.0. The van der Waals surface area contributed by atoms with E-state index < -0.39 is 12.1 Å². The van der Waals surface area contributed by atoms with Crippen molar-refractivity contribution in [3.63, 3.8) is 0 Å². The standard InChI is InChI=1S/C14H17NO4/c1-8-11(14(17)18)4-3-5-12(8)19-9(2)13(16)15-10-6-7-10/h3-5,9-10H,6-7H2,1-2H3,(H,15,16)(H,17,18). The molecular formula is C14H17NO4. The van der Waals surface area contributed by atoms with Gasteiger partial charge in [-0.05, 0) is 38.8 Å². The highest BCUT2D eigenvalue weighted by molar-refractivity contribution is 5.90. The molecule has 1 aromatic carbocycles. The number of amides is 1. The normalized spacial score (nSPS) is 15.7. The largest absolute Gasteiger partial charge is 0.481 e.